The standard InChI is InChI=1S/C21H36N4O3/c1-4-6-10-18(5-2)21(27)25(14-13-24-11-8-7-9-12-24)16-20(26)22-19-15-17(3)28-23-19/h15,18H,4-14,16H2,1-3H3,(H,22,23,26)/p+1/t18-/m1/s1. The maximum Gasteiger partial charge on any atom is 0.245 e. The lowest BCUT2D eigenvalue weighted by Crippen LogP contribution is -3.13. The van der Waals surface area contributed by atoms with Crippen LogP contribution < -0.4 is 10.2 Å². The molecule has 1 aromatic heterocycles. The minimum Gasteiger partial charge on any atom is -0.360 e. The number of quaternary nitrogens is 1. The number of hydrogen-bond acceptors (Lipinski definition) is 4. The summed E-state index contributed by atoms with van der Waals surface area (Å²) in [5.74, 6) is 0.926. The first-order valence-corrected chi connectivity index (χ1v) is 10.9. The number of carbonyl (C=O) groups is 2. The average Bonchev–Trinajstić information content (AvgIpc) is 3.10. The van der Waals surface area contributed by atoms with E-state index in [1.54, 1.807) is 17.9 Å². The molecule has 1 aliphatic rings. The van der Waals surface area contributed by atoms with Crippen LogP contribution in [0.3, 0.4) is 0 Å². The van der Waals surface area contributed by atoms with E-state index in [0.717, 1.165) is 32.2 Å². The fourth-order valence-electron chi connectivity index (χ4n) is 3.85. The van der Waals surface area contributed by atoms with Crippen LogP contribution >= 0.6 is 0 Å². The molecule has 1 saturated heterocycles. The summed E-state index contributed by atoms with van der Waals surface area (Å²) in [6.45, 7) is 9.92. The van der Waals surface area contributed by atoms with E-state index in [4.69, 9.17) is 4.52 Å². The minimum absolute atomic E-state index is 0.00148. The highest BCUT2D eigenvalue weighted by Gasteiger charge is 2.26. The lowest BCUT2D eigenvalue weighted by atomic mass is 9.97. The molecule has 0 unspecified atom stereocenters. The molecule has 0 saturated carbocycles. The zero-order valence-corrected chi connectivity index (χ0v) is 17.8. The van der Waals surface area contributed by atoms with E-state index in [2.05, 4.69) is 24.3 Å². The van der Waals surface area contributed by atoms with Crippen molar-refractivity contribution in [3.05, 3.63) is 11.8 Å². The van der Waals surface area contributed by atoms with Crippen LogP contribution in [0, 0.1) is 12.8 Å². The number of nitrogens with zero attached hydrogens (tertiary/aromatic N) is 2. The number of aromatic nitrogens is 1. The summed E-state index contributed by atoms with van der Waals surface area (Å²) in [6, 6.07) is 1.68. The fraction of sp³-hybridized carbons (Fsp3) is 0.762. The second-order valence-corrected chi connectivity index (χ2v) is 7.94. The van der Waals surface area contributed by atoms with Gasteiger partial charge in [0.15, 0.2) is 5.82 Å². The van der Waals surface area contributed by atoms with Gasteiger partial charge in [-0.2, -0.15) is 0 Å². The summed E-state index contributed by atoms with van der Waals surface area (Å²) in [6.07, 6.45) is 7.64. The van der Waals surface area contributed by atoms with Crippen LogP contribution in [-0.2, 0) is 9.59 Å². The summed E-state index contributed by atoms with van der Waals surface area (Å²) < 4.78 is 5.00. The molecule has 0 aromatic carbocycles. The third kappa shape index (κ3) is 7.26. The third-order valence-corrected chi connectivity index (χ3v) is 5.59. The smallest absolute Gasteiger partial charge is 0.245 e. The Balaban J connectivity index is 1.98. The summed E-state index contributed by atoms with van der Waals surface area (Å²) in [7, 11) is 0. The average molecular weight is 394 g/mol. The number of amides is 2. The fourth-order valence-corrected chi connectivity index (χ4v) is 3.85. The highest BCUT2D eigenvalue weighted by molar-refractivity contribution is 5.94. The van der Waals surface area contributed by atoms with Gasteiger partial charge in [0.2, 0.25) is 11.8 Å². The Bertz CT molecular complexity index is 611. The number of aryl methyl sites for hydroxylation is 1. The van der Waals surface area contributed by atoms with Gasteiger partial charge in [0.1, 0.15) is 12.3 Å². The van der Waals surface area contributed by atoms with Crippen molar-refractivity contribution in [1.29, 1.82) is 0 Å². The Hall–Kier alpha value is -1.89. The number of anilines is 1. The van der Waals surface area contributed by atoms with Crippen LogP contribution in [0.25, 0.3) is 0 Å². The van der Waals surface area contributed by atoms with E-state index < -0.39 is 0 Å². The molecule has 1 atom stereocenters. The van der Waals surface area contributed by atoms with Crippen molar-refractivity contribution in [3.63, 3.8) is 0 Å². The van der Waals surface area contributed by atoms with Crippen LogP contribution in [0.2, 0.25) is 0 Å². The highest BCUT2D eigenvalue weighted by atomic mass is 16.5. The zero-order chi connectivity index (χ0) is 20.4. The van der Waals surface area contributed by atoms with Gasteiger partial charge in [0, 0.05) is 12.0 Å². The van der Waals surface area contributed by atoms with Gasteiger partial charge in [0.25, 0.3) is 0 Å². The minimum atomic E-state index is -0.222. The summed E-state index contributed by atoms with van der Waals surface area (Å²) >= 11 is 0. The summed E-state index contributed by atoms with van der Waals surface area (Å²) in [5, 5.41) is 6.55. The number of unbranched alkanes of at least 4 members (excludes halogenated alkanes) is 1. The van der Waals surface area contributed by atoms with E-state index in [-0.39, 0.29) is 24.3 Å². The molecule has 2 N–H and O–H groups in total. The Morgan fingerprint density at radius 3 is 2.64 bits per heavy atom. The largest absolute Gasteiger partial charge is 0.360 e. The Morgan fingerprint density at radius 1 is 1.29 bits per heavy atom. The SMILES string of the molecule is CCCC[C@@H](CC)C(=O)N(CC[NH+]1CCCCC1)CC(=O)Nc1cc(C)on1. The highest BCUT2D eigenvalue weighted by Crippen LogP contribution is 2.16. The van der Waals surface area contributed by atoms with Gasteiger partial charge in [-0.15, -0.1) is 0 Å². The zero-order valence-electron chi connectivity index (χ0n) is 17.8. The molecule has 2 rings (SSSR count). The molecule has 2 amide bonds. The number of rotatable bonds is 11. The first-order chi connectivity index (χ1) is 13.5. The van der Waals surface area contributed by atoms with E-state index in [1.165, 1.54) is 37.3 Å². The van der Waals surface area contributed by atoms with E-state index >= 15 is 0 Å². The maximum atomic E-state index is 13.1. The molecule has 28 heavy (non-hydrogen) atoms. The van der Waals surface area contributed by atoms with E-state index in [9.17, 15) is 9.59 Å². The molecule has 0 aliphatic carbocycles. The van der Waals surface area contributed by atoms with Crippen LogP contribution in [0.5, 0.6) is 0 Å². The third-order valence-electron chi connectivity index (χ3n) is 5.59. The lowest BCUT2D eigenvalue weighted by Gasteiger charge is -2.29. The molecule has 0 spiro atoms. The monoisotopic (exact) mass is 393 g/mol. The first kappa shape index (κ1) is 22.4. The molecular weight excluding hydrogens is 356 g/mol. The number of likely N-dealkylation sites (tertiary alicyclic amines) is 1. The van der Waals surface area contributed by atoms with Gasteiger partial charge in [-0.05, 0) is 39.0 Å². The number of hydrogen-bond donors (Lipinski definition) is 2. The first-order valence-electron chi connectivity index (χ1n) is 10.9. The molecule has 0 bridgehead atoms. The normalized spacial score (nSPS) is 16.0. The quantitative estimate of drug-likeness (QED) is 0.603. The molecule has 2 heterocycles. The van der Waals surface area contributed by atoms with Gasteiger partial charge < -0.3 is 19.6 Å². The molecular formula is C21H37N4O3+. The lowest BCUT2D eigenvalue weighted by molar-refractivity contribution is -0.904. The van der Waals surface area contributed by atoms with Gasteiger partial charge in [-0.25, -0.2) is 0 Å². The van der Waals surface area contributed by atoms with Gasteiger partial charge >= 0.3 is 0 Å². The van der Waals surface area contributed by atoms with Gasteiger partial charge in [-0.1, -0.05) is 31.8 Å². The van der Waals surface area contributed by atoms with Crippen molar-refractivity contribution < 1.29 is 19.0 Å². The van der Waals surface area contributed by atoms with Crippen LogP contribution in [-0.4, -0.2) is 54.6 Å². The van der Waals surface area contributed by atoms with Crippen molar-refractivity contribution in [1.82, 2.24) is 10.1 Å². The Morgan fingerprint density at radius 2 is 2.04 bits per heavy atom. The van der Waals surface area contributed by atoms with E-state index in [0.29, 0.717) is 18.1 Å². The molecule has 158 valence electrons. The second-order valence-electron chi connectivity index (χ2n) is 7.94. The predicted molar refractivity (Wildman–Crippen MR) is 109 cm³/mol. The van der Waals surface area contributed by atoms with E-state index in [1.807, 2.05) is 0 Å². The Labute approximate surface area is 168 Å². The van der Waals surface area contributed by atoms with Crippen LogP contribution in [0.4, 0.5) is 5.82 Å². The van der Waals surface area contributed by atoms with Crippen molar-refractivity contribution in [2.45, 2.75) is 65.7 Å². The van der Waals surface area contributed by atoms with Crippen molar-refractivity contribution in [3.8, 4) is 0 Å². The van der Waals surface area contributed by atoms with Gasteiger partial charge in [-0.3, -0.25) is 9.59 Å². The number of nitrogens with one attached hydrogen (secondary N) is 2. The van der Waals surface area contributed by atoms with Crippen LogP contribution in [0.1, 0.15) is 64.6 Å². The van der Waals surface area contributed by atoms with Crippen molar-refractivity contribution in [2.75, 3.05) is 38.0 Å². The summed E-state index contributed by atoms with van der Waals surface area (Å²) in [4.78, 5) is 29.0. The molecule has 7 nitrogen and oxygen atoms in total. The topological polar surface area (TPSA) is 79.9 Å². The molecule has 1 fully saturated rings. The van der Waals surface area contributed by atoms with Gasteiger partial charge in [0.05, 0.1) is 26.2 Å². The maximum absolute atomic E-state index is 13.1. The number of piperidine rings is 1. The predicted octanol–water partition coefficient (Wildman–Crippen LogP) is 2.04. The molecule has 0 radical (unpaired) electrons. The van der Waals surface area contributed by atoms with Crippen molar-refractivity contribution >= 4 is 17.6 Å². The van der Waals surface area contributed by atoms with Crippen molar-refractivity contribution in [2.24, 2.45) is 5.92 Å². The second kappa shape index (κ2) is 11.8. The molecule has 7 heteroatoms. The molecule has 1 aliphatic heterocycles. The van der Waals surface area contributed by atoms with Crippen LogP contribution in [0.15, 0.2) is 10.6 Å². The Kier molecular flexibility index (Phi) is 9.47. The number of carbonyl (C=O) groups excluding carboxylic acids is 2. The summed E-state index contributed by atoms with van der Waals surface area (Å²) in [5.41, 5.74) is 0. The molecule has 1 aromatic rings.